The summed E-state index contributed by atoms with van der Waals surface area (Å²) in [5.74, 6) is 0.647. The quantitative estimate of drug-likeness (QED) is 0.935. The molecule has 0 spiro atoms. The summed E-state index contributed by atoms with van der Waals surface area (Å²) in [4.78, 5) is 21.1. The first-order valence-electron chi connectivity index (χ1n) is 6.63. The van der Waals surface area contributed by atoms with Gasteiger partial charge in [-0.15, -0.1) is 0 Å². The fourth-order valence-electron chi connectivity index (χ4n) is 2.49. The molecule has 1 fully saturated rings. The Kier molecular flexibility index (Phi) is 3.95. The fraction of sp³-hybridized carbons (Fsp3) is 0.429. The number of H-pyrrole nitrogens is 1. The van der Waals surface area contributed by atoms with Crippen molar-refractivity contribution >= 4 is 11.3 Å². The van der Waals surface area contributed by atoms with Crippen LogP contribution in [0.1, 0.15) is 23.1 Å². The lowest BCUT2D eigenvalue weighted by Crippen LogP contribution is -2.39. The maximum Gasteiger partial charge on any atom is 0.251 e. The largest absolute Gasteiger partial charge is 0.378 e. The van der Waals surface area contributed by atoms with Crippen LogP contribution < -0.4 is 5.56 Å². The topological polar surface area (TPSA) is 58.2 Å². The van der Waals surface area contributed by atoms with Crippen LogP contribution in [0.2, 0.25) is 0 Å². The molecule has 3 rings (SSSR count). The standard InChI is InChI=1S/C14H17N3O2S/c1-10-15-12(6-14(18)16-10)13-8-19-4-3-17(13)7-11-2-5-20-9-11/h2,5-6,9,13H,3-4,7-8H2,1H3,(H,15,16,18). The van der Waals surface area contributed by atoms with Gasteiger partial charge in [-0.05, 0) is 29.3 Å². The molecule has 1 aliphatic rings. The molecule has 3 heterocycles. The van der Waals surface area contributed by atoms with Crippen molar-refractivity contribution in [2.45, 2.75) is 19.5 Å². The summed E-state index contributed by atoms with van der Waals surface area (Å²) in [6.07, 6.45) is 0. The highest BCUT2D eigenvalue weighted by molar-refractivity contribution is 7.07. The maximum atomic E-state index is 11.6. The van der Waals surface area contributed by atoms with E-state index in [4.69, 9.17) is 4.74 Å². The summed E-state index contributed by atoms with van der Waals surface area (Å²) in [6, 6.07) is 3.75. The minimum Gasteiger partial charge on any atom is -0.378 e. The molecule has 5 nitrogen and oxygen atoms in total. The van der Waals surface area contributed by atoms with Gasteiger partial charge in [0.15, 0.2) is 0 Å². The van der Waals surface area contributed by atoms with Crippen molar-refractivity contribution in [3.8, 4) is 0 Å². The van der Waals surface area contributed by atoms with Crippen LogP contribution in [0.4, 0.5) is 0 Å². The van der Waals surface area contributed by atoms with Crippen LogP contribution in [-0.2, 0) is 11.3 Å². The highest BCUT2D eigenvalue weighted by atomic mass is 32.1. The minimum absolute atomic E-state index is 0.0460. The molecule has 0 aromatic carbocycles. The maximum absolute atomic E-state index is 11.6. The van der Waals surface area contributed by atoms with Gasteiger partial charge < -0.3 is 9.72 Å². The molecule has 0 saturated carbocycles. The first-order chi connectivity index (χ1) is 9.72. The second kappa shape index (κ2) is 5.87. The third-order valence-corrected chi connectivity index (χ3v) is 4.16. The molecule has 2 aromatic heterocycles. The minimum atomic E-state index is -0.103. The lowest BCUT2D eigenvalue weighted by atomic mass is 10.1. The summed E-state index contributed by atoms with van der Waals surface area (Å²) in [5.41, 5.74) is 1.98. The van der Waals surface area contributed by atoms with E-state index in [9.17, 15) is 4.79 Å². The zero-order valence-corrected chi connectivity index (χ0v) is 12.2. The number of aromatic nitrogens is 2. The molecular weight excluding hydrogens is 274 g/mol. The predicted molar refractivity (Wildman–Crippen MR) is 77.9 cm³/mol. The SMILES string of the molecule is Cc1nc(C2COCCN2Cc2ccsc2)cc(=O)[nH]1. The predicted octanol–water partition coefficient (Wildman–Crippen LogP) is 1.71. The first-order valence-corrected chi connectivity index (χ1v) is 7.57. The number of hydrogen-bond acceptors (Lipinski definition) is 5. The lowest BCUT2D eigenvalue weighted by Gasteiger charge is -2.35. The zero-order chi connectivity index (χ0) is 13.9. The first kappa shape index (κ1) is 13.5. The molecule has 0 radical (unpaired) electrons. The Morgan fingerprint density at radius 1 is 1.60 bits per heavy atom. The second-order valence-electron chi connectivity index (χ2n) is 4.95. The van der Waals surface area contributed by atoms with E-state index in [1.165, 1.54) is 5.56 Å². The zero-order valence-electron chi connectivity index (χ0n) is 11.3. The number of morpholine rings is 1. The molecule has 0 amide bonds. The number of thiophene rings is 1. The van der Waals surface area contributed by atoms with E-state index in [2.05, 4.69) is 31.7 Å². The molecule has 106 valence electrons. The Hall–Kier alpha value is -1.50. The number of aromatic amines is 1. The Labute approximate surface area is 121 Å². The second-order valence-corrected chi connectivity index (χ2v) is 5.73. The fourth-order valence-corrected chi connectivity index (χ4v) is 3.15. The number of ether oxygens (including phenoxy) is 1. The van der Waals surface area contributed by atoms with Gasteiger partial charge in [0.05, 0.1) is 24.9 Å². The Morgan fingerprint density at radius 3 is 3.25 bits per heavy atom. The van der Waals surface area contributed by atoms with Crippen LogP contribution in [0.5, 0.6) is 0 Å². The summed E-state index contributed by atoms with van der Waals surface area (Å²) >= 11 is 1.70. The van der Waals surface area contributed by atoms with Gasteiger partial charge in [-0.1, -0.05) is 0 Å². The normalized spacial score (nSPS) is 20.1. The smallest absolute Gasteiger partial charge is 0.251 e. The molecule has 1 aliphatic heterocycles. The number of nitrogens with zero attached hydrogens (tertiary/aromatic N) is 2. The van der Waals surface area contributed by atoms with Gasteiger partial charge in [0.1, 0.15) is 5.82 Å². The lowest BCUT2D eigenvalue weighted by molar-refractivity contribution is -0.0143. The summed E-state index contributed by atoms with van der Waals surface area (Å²) in [6.45, 7) is 4.83. The number of aryl methyl sites for hydroxylation is 1. The molecule has 1 unspecified atom stereocenters. The summed E-state index contributed by atoms with van der Waals surface area (Å²) in [5, 5.41) is 4.24. The van der Waals surface area contributed by atoms with Crippen LogP contribution in [0.15, 0.2) is 27.7 Å². The van der Waals surface area contributed by atoms with E-state index in [1.54, 1.807) is 24.3 Å². The summed E-state index contributed by atoms with van der Waals surface area (Å²) < 4.78 is 5.57. The summed E-state index contributed by atoms with van der Waals surface area (Å²) in [7, 11) is 0. The van der Waals surface area contributed by atoms with Gasteiger partial charge in [-0.2, -0.15) is 11.3 Å². The molecule has 2 aromatic rings. The third-order valence-electron chi connectivity index (χ3n) is 3.43. The number of nitrogens with one attached hydrogen (secondary N) is 1. The molecule has 1 atom stereocenters. The van der Waals surface area contributed by atoms with Gasteiger partial charge in [0.2, 0.25) is 0 Å². The third kappa shape index (κ3) is 2.98. The van der Waals surface area contributed by atoms with Gasteiger partial charge in [0.25, 0.3) is 5.56 Å². The highest BCUT2D eigenvalue weighted by Crippen LogP contribution is 2.24. The molecule has 20 heavy (non-hydrogen) atoms. The number of rotatable bonds is 3. The van der Waals surface area contributed by atoms with Crippen molar-refractivity contribution < 1.29 is 4.74 Å². The Balaban J connectivity index is 1.86. The van der Waals surface area contributed by atoms with Crippen molar-refractivity contribution in [1.82, 2.24) is 14.9 Å². The van der Waals surface area contributed by atoms with E-state index in [1.807, 2.05) is 0 Å². The van der Waals surface area contributed by atoms with E-state index in [-0.39, 0.29) is 11.6 Å². The molecule has 0 aliphatic carbocycles. The Morgan fingerprint density at radius 2 is 2.50 bits per heavy atom. The molecule has 6 heteroatoms. The van der Waals surface area contributed by atoms with Crippen molar-refractivity contribution in [2.24, 2.45) is 0 Å². The van der Waals surface area contributed by atoms with Crippen molar-refractivity contribution in [2.75, 3.05) is 19.8 Å². The van der Waals surface area contributed by atoms with Gasteiger partial charge in [-0.25, -0.2) is 4.98 Å². The molecule has 1 N–H and O–H groups in total. The van der Waals surface area contributed by atoms with Crippen molar-refractivity contribution in [3.63, 3.8) is 0 Å². The Bertz CT molecular complexity index is 624. The van der Waals surface area contributed by atoms with Crippen LogP contribution in [0, 0.1) is 6.92 Å². The van der Waals surface area contributed by atoms with Gasteiger partial charge in [0, 0.05) is 19.2 Å². The number of hydrogen-bond donors (Lipinski definition) is 1. The highest BCUT2D eigenvalue weighted by Gasteiger charge is 2.26. The van der Waals surface area contributed by atoms with Crippen LogP contribution in [0.3, 0.4) is 0 Å². The van der Waals surface area contributed by atoms with E-state index >= 15 is 0 Å². The van der Waals surface area contributed by atoms with E-state index < -0.39 is 0 Å². The average molecular weight is 291 g/mol. The van der Waals surface area contributed by atoms with Gasteiger partial charge >= 0.3 is 0 Å². The van der Waals surface area contributed by atoms with E-state index in [0.717, 1.165) is 25.4 Å². The molecule has 0 bridgehead atoms. The van der Waals surface area contributed by atoms with Crippen molar-refractivity contribution in [1.29, 1.82) is 0 Å². The van der Waals surface area contributed by atoms with Crippen molar-refractivity contribution in [3.05, 3.63) is 50.3 Å². The molecular formula is C14H17N3O2S. The molecule has 1 saturated heterocycles. The van der Waals surface area contributed by atoms with Gasteiger partial charge in [-0.3, -0.25) is 9.69 Å². The van der Waals surface area contributed by atoms with Crippen LogP contribution in [-0.4, -0.2) is 34.6 Å². The van der Waals surface area contributed by atoms with E-state index in [0.29, 0.717) is 12.4 Å². The van der Waals surface area contributed by atoms with Crippen LogP contribution >= 0.6 is 11.3 Å². The average Bonchev–Trinajstić information content (AvgIpc) is 2.91. The monoisotopic (exact) mass is 291 g/mol. The van der Waals surface area contributed by atoms with Crippen LogP contribution in [0.25, 0.3) is 0 Å².